The Hall–Kier alpha value is -0.720. The van der Waals surface area contributed by atoms with E-state index in [1.54, 1.807) is 7.11 Å². The molecule has 1 rings (SSSR count). The van der Waals surface area contributed by atoms with Gasteiger partial charge in [-0.15, -0.1) is 0 Å². The fourth-order valence-electron chi connectivity index (χ4n) is 1.77. The van der Waals surface area contributed by atoms with Crippen molar-refractivity contribution in [2.24, 2.45) is 5.73 Å². The maximum Gasteiger partial charge on any atom is 0.234 e. The summed E-state index contributed by atoms with van der Waals surface area (Å²) in [5, 5.41) is 2.89. The van der Waals surface area contributed by atoms with Crippen LogP contribution in [0.4, 0.5) is 0 Å². The number of nitrogens with two attached hydrogens (primary N) is 1. The predicted octanol–water partition coefficient (Wildman–Crippen LogP) is 0.280. The minimum Gasteiger partial charge on any atom is -0.393 e. The molecule has 1 amide bonds. The SMILES string of the molecule is COCCCNC(=O)CN(CCC(N)=S)C1CC1. The highest BCUT2D eigenvalue weighted by Crippen LogP contribution is 2.26. The average molecular weight is 273 g/mol. The molecule has 0 aliphatic heterocycles. The minimum absolute atomic E-state index is 0.0703. The molecule has 0 aromatic rings. The zero-order valence-electron chi connectivity index (χ0n) is 11.0. The van der Waals surface area contributed by atoms with Gasteiger partial charge < -0.3 is 15.8 Å². The molecule has 0 unspecified atom stereocenters. The lowest BCUT2D eigenvalue weighted by Gasteiger charge is -2.21. The van der Waals surface area contributed by atoms with Crippen LogP contribution in [0.3, 0.4) is 0 Å². The lowest BCUT2D eigenvalue weighted by molar-refractivity contribution is -0.122. The van der Waals surface area contributed by atoms with E-state index in [9.17, 15) is 4.79 Å². The van der Waals surface area contributed by atoms with E-state index in [1.807, 2.05) is 0 Å². The van der Waals surface area contributed by atoms with Crippen LogP contribution in [0.5, 0.6) is 0 Å². The quantitative estimate of drug-likeness (QED) is 0.442. The maximum absolute atomic E-state index is 11.7. The summed E-state index contributed by atoms with van der Waals surface area (Å²) in [5.74, 6) is 0.0703. The molecule has 0 spiro atoms. The van der Waals surface area contributed by atoms with Crippen LogP contribution in [-0.2, 0) is 9.53 Å². The van der Waals surface area contributed by atoms with Crippen LogP contribution in [0.15, 0.2) is 0 Å². The van der Waals surface area contributed by atoms with Crippen LogP contribution >= 0.6 is 12.2 Å². The van der Waals surface area contributed by atoms with Crippen LogP contribution in [0.2, 0.25) is 0 Å². The van der Waals surface area contributed by atoms with Crippen molar-refractivity contribution in [2.45, 2.75) is 31.7 Å². The number of carbonyl (C=O) groups excluding carboxylic acids is 1. The highest BCUT2D eigenvalue weighted by atomic mass is 32.1. The van der Waals surface area contributed by atoms with Crippen LogP contribution in [0.25, 0.3) is 0 Å². The van der Waals surface area contributed by atoms with Gasteiger partial charge in [0.1, 0.15) is 0 Å². The standard InChI is InChI=1S/C12H23N3O2S/c1-17-8-2-6-14-12(16)9-15(10-3-4-10)7-5-11(13)18/h10H,2-9H2,1H3,(H2,13,18)(H,14,16). The van der Waals surface area contributed by atoms with Crippen LogP contribution < -0.4 is 11.1 Å². The molecule has 1 fully saturated rings. The van der Waals surface area contributed by atoms with Gasteiger partial charge in [-0.2, -0.15) is 0 Å². The summed E-state index contributed by atoms with van der Waals surface area (Å²) in [4.78, 5) is 14.4. The highest BCUT2D eigenvalue weighted by molar-refractivity contribution is 7.80. The third-order valence-electron chi connectivity index (χ3n) is 2.90. The second kappa shape index (κ2) is 8.39. The Kier molecular flexibility index (Phi) is 7.15. The number of thiocarbonyl (C=S) groups is 1. The van der Waals surface area contributed by atoms with Crippen LogP contribution in [0.1, 0.15) is 25.7 Å². The maximum atomic E-state index is 11.7. The summed E-state index contributed by atoms with van der Waals surface area (Å²) < 4.78 is 4.93. The zero-order chi connectivity index (χ0) is 13.4. The number of amides is 1. The van der Waals surface area contributed by atoms with E-state index < -0.39 is 0 Å². The number of rotatable bonds is 10. The van der Waals surface area contributed by atoms with Gasteiger partial charge in [-0.3, -0.25) is 9.69 Å². The Morgan fingerprint density at radius 1 is 1.56 bits per heavy atom. The summed E-state index contributed by atoms with van der Waals surface area (Å²) in [5.41, 5.74) is 5.50. The molecule has 1 aliphatic carbocycles. The number of methoxy groups -OCH3 is 1. The van der Waals surface area contributed by atoms with E-state index in [0.717, 1.165) is 13.0 Å². The van der Waals surface area contributed by atoms with Crippen molar-refractivity contribution in [1.82, 2.24) is 10.2 Å². The van der Waals surface area contributed by atoms with Crippen molar-refractivity contribution < 1.29 is 9.53 Å². The van der Waals surface area contributed by atoms with Crippen molar-refractivity contribution in [3.8, 4) is 0 Å². The normalized spacial score (nSPS) is 14.8. The summed E-state index contributed by atoms with van der Waals surface area (Å²) >= 11 is 4.87. The van der Waals surface area contributed by atoms with E-state index in [2.05, 4.69) is 10.2 Å². The Bertz CT molecular complexity index is 282. The minimum atomic E-state index is 0.0703. The smallest absolute Gasteiger partial charge is 0.234 e. The van der Waals surface area contributed by atoms with Crippen molar-refractivity contribution in [3.05, 3.63) is 0 Å². The third kappa shape index (κ3) is 6.88. The number of hydrogen-bond acceptors (Lipinski definition) is 4. The Morgan fingerprint density at radius 3 is 2.83 bits per heavy atom. The molecule has 18 heavy (non-hydrogen) atoms. The highest BCUT2D eigenvalue weighted by Gasteiger charge is 2.29. The van der Waals surface area contributed by atoms with E-state index >= 15 is 0 Å². The molecule has 0 radical (unpaired) electrons. The Labute approximate surface area is 114 Å². The fourth-order valence-corrected chi connectivity index (χ4v) is 1.86. The predicted molar refractivity (Wildman–Crippen MR) is 75.5 cm³/mol. The third-order valence-corrected chi connectivity index (χ3v) is 3.11. The van der Waals surface area contributed by atoms with Gasteiger partial charge in [0.05, 0.1) is 11.5 Å². The first-order chi connectivity index (χ1) is 8.63. The first-order valence-corrected chi connectivity index (χ1v) is 6.82. The molecular formula is C12H23N3O2S. The van der Waals surface area contributed by atoms with Gasteiger partial charge in [-0.25, -0.2) is 0 Å². The Balaban J connectivity index is 2.18. The number of ether oxygens (including phenoxy) is 1. The van der Waals surface area contributed by atoms with Crippen molar-refractivity contribution in [2.75, 3.05) is 33.4 Å². The molecule has 0 heterocycles. The zero-order valence-corrected chi connectivity index (χ0v) is 11.8. The van der Waals surface area contributed by atoms with Gasteiger partial charge in [0.25, 0.3) is 0 Å². The van der Waals surface area contributed by atoms with E-state index in [-0.39, 0.29) is 5.91 Å². The largest absolute Gasteiger partial charge is 0.393 e. The lowest BCUT2D eigenvalue weighted by Crippen LogP contribution is -2.40. The molecule has 0 atom stereocenters. The van der Waals surface area contributed by atoms with Gasteiger partial charge in [-0.05, 0) is 19.3 Å². The molecule has 0 saturated heterocycles. The molecule has 6 heteroatoms. The topological polar surface area (TPSA) is 67.6 Å². The second-order valence-electron chi connectivity index (χ2n) is 4.61. The monoisotopic (exact) mass is 273 g/mol. The van der Waals surface area contributed by atoms with Crippen LogP contribution in [0, 0.1) is 0 Å². The van der Waals surface area contributed by atoms with Crippen molar-refractivity contribution in [1.29, 1.82) is 0 Å². The first-order valence-electron chi connectivity index (χ1n) is 6.41. The number of nitrogens with one attached hydrogen (secondary N) is 1. The molecule has 1 saturated carbocycles. The number of hydrogen-bond donors (Lipinski definition) is 2. The molecule has 0 aromatic carbocycles. The lowest BCUT2D eigenvalue weighted by atomic mass is 10.3. The van der Waals surface area contributed by atoms with Crippen LogP contribution in [-0.4, -0.2) is 55.2 Å². The van der Waals surface area contributed by atoms with Gasteiger partial charge in [0.15, 0.2) is 0 Å². The molecule has 0 aromatic heterocycles. The number of nitrogens with zero attached hydrogens (tertiary/aromatic N) is 1. The molecule has 0 bridgehead atoms. The van der Waals surface area contributed by atoms with E-state index in [1.165, 1.54) is 12.8 Å². The summed E-state index contributed by atoms with van der Waals surface area (Å²) in [6, 6.07) is 0.545. The van der Waals surface area contributed by atoms with Gasteiger partial charge >= 0.3 is 0 Å². The first kappa shape index (κ1) is 15.3. The van der Waals surface area contributed by atoms with Crippen molar-refractivity contribution in [3.63, 3.8) is 0 Å². The van der Waals surface area contributed by atoms with Gasteiger partial charge in [-0.1, -0.05) is 12.2 Å². The van der Waals surface area contributed by atoms with E-state index in [0.29, 0.717) is 37.1 Å². The van der Waals surface area contributed by atoms with Crippen molar-refractivity contribution >= 4 is 23.1 Å². The van der Waals surface area contributed by atoms with Gasteiger partial charge in [0.2, 0.25) is 5.91 Å². The summed E-state index contributed by atoms with van der Waals surface area (Å²) in [7, 11) is 1.66. The summed E-state index contributed by atoms with van der Waals surface area (Å²) in [6.07, 6.45) is 3.88. The van der Waals surface area contributed by atoms with Gasteiger partial charge in [0, 0.05) is 39.3 Å². The molecule has 104 valence electrons. The Morgan fingerprint density at radius 2 is 2.28 bits per heavy atom. The molecule has 5 nitrogen and oxygen atoms in total. The molecular weight excluding hydrogens is 250 g/mol. The fraction of sp³-hybridized carbons (Fsp3) is 0.833. The number of carbonyl (C=O) groups is 1. The summed E-state index contributed by atoms with van der Waals surface area (Å²) in [6.45, 7) is 2.57. The molecule has 1 aliphatic rings. The van der Waals surface area contributed by atoms with E-state index in [4.69, 9.17) is 22.7 Å². The second-order valence-corrected chi connectivity index (χ2v) is 5.14. The average Bonchev–Trinajstić information content (AvgIpc) is 3.14. The molecule has 3 N–H and O–H groups in total.